The van der Waals surface area contributed by atoms with E-state index in [-0.39, 0.29) is 5.76 Å². The van der Waals surface area contributed by atoms with Gasteiger partial charge < -0.3 is 9.73 Å². The lowest BCUT2D eigenvalue weighted by Gasteiger charge is -2.07. The quantitative estimate of drug-likeness (QED) is 0.917. The van der Waals surface area contributed by atoms with Crippen LogP contribution in [0.3, 0.4) is 0 Å². The highest BCUT2D eigenvalue weighted by Crippen LogP contribution is 2.19. The third-order valence-corrected chi connectivity index (χ3v) is 2.28. The van der Waals surface area contributed by atoms with Gasteiger partial charge in [0.15, 0.2) is 0 Å². The summed E-state index contributed by atoms with van der Waals surface area (Å²) in [7, 11) is 0. The van der Waals surface area contributed by atoms with Gasteiger partial charge in [0.1, 0.15) is 11.4 Å². The average Bonchev–Trinajstić information content (AvgIpc) is 2.41. The van der Waals surface area contributed by atoms with Gasteiger partial charge in [-0.05, 0) is 24.3 Å². The first-order valence-electron chi connectivity index (χ1n) is 5.30. The molecular formula is C12H7F3N2O3. The number of nitrogens with zero attached hydrogens (tertiary/aromatic N) is 1. The summed E-state index contributed by atoms with van der Waals surface area (Å²) in [6, 6.07) is 5.52. The summed E-state index contributed by atoms with van der Waals surface area (Å²) in [4.78, 5) is 26.0. The number of halogens is 3. The Hall–Kier alpha value is -2.64. The van der Waals surface area contributed by atoms with Crippen LogP contribution >= 0.6 is 0 Å². The maximum atomic E-state index is 12.1. The average molecular weight is 284 g/mol. The third kappa shape index (κ3) is 3.02. The van der Waals surface area contributed by atoms with Crippen molar-refractivity contribution in [2.24, 2.45) is 0 Å². The van der Waals surface area contributed by atoms with E-state index >= 15 is 0 Å². The van der Waals surface area contributed by atoms with Gasteiger partial charge in [0.05, 0.1) is 0 Å². The zero-order valence-corrected chi connectivity index (χ0v) is 9.77. The molecule has 0 saturated heterocycles. The standard InChI is InChI=1S/C12H7F3N2O3/c13-12(14,15)11(19)17-8-3-4-9(20-10(8)18)7-2-1-5-16-6-7/h1-6H,(H,17,19). The van der Waals surface area contributed by atoms with Crippen LogP contribution in [0.15, 0.2) is 45.9 Å². The molecule has 0 bridgehead atoms. The molecule has 1 amide bonds. The van der Waals surface area contributed by atoms with Crippen LogP contribution in [0.4, 0.5) is 18.9 Å². The van der Waals surface area contributed by atoms with E-state index in [0.29, 0.717) is 5.56 Å². The number of aromatic nitrogens is 1. The number of hydrogen-bond acceptors (Lipinski definition) is 4. The maximum Gasteiger partial charge on any atom is 0.471 e. The van der Waals surface area contributed by atoms with E-state index in [1.807, 2.05) is 0 Å². The lowest BCUT2D eigenvalue weighted by molar-refractivity contribution is -0.167. The fourth-order valence-electron chi connectivity index (χ4n) is 1.37. The van der Waals surface area contributed by atoms with E-state index in [0.717, 1.165) is 6.07 Å². The normalized spacial score (nSPS) is 11.2. The number of hydrogen-bond donors (Lipinski definition) is 1. The Labute approximate surface area is 110 Å². The van der Waals surface area contributed by atoms with Gasteiger partial charge in [-0.25, -0.2) is 4.79 Å². The molecule has 0 saturated carbocycles. The van der Waals surface area contributed by atoms with Crippen molar-refractivity contribution in [3.8, 4) is 11.3 Å². The Bertz CT molecular complexity index is 680. The molecule has 0 spiro atoms. The first-order valence-corrected chi connectivity index (χ1v) is 5.30. The second kappa shape index (κ2) is 5.16. The van der Waals surface area contributed by atoms with Crippen LogP contribution in [-0.4, -0.2) is 17.1 Å². The molecule has 104 valence electrons. The van der Waals surface area contributed by atoms with Gasteiger partial charge in [-0.1, -0.05) is 0 Å². The van der Waals surface area contributed by atoms with Crippen LogP contribution in [0.25, 0.3) is 11.3 Å². The van der Waals surface area contributed by atoms with E-state index < -0.39 is 23.4 Å². The third-order valence-electron chi connectivity index (χ3n) is 2.28. The highest BCUT2D eigenvalue weighted by Gasteiger charge is 2.39. The Morgan fingerprint density at radius 2 is 2.00 bits per heavy atom. The van der Waals surface area contributed by atoms with E-state index in [9.17, 15) is 22.8 Å². The monoisotopic (exact) mass is 284 g/mol. The molecule has 0 aliphatic rings. The molecule has 2 aromatic rings. The smallest absolute Gasteiger partial charge is 0.421 e. The molecule has 8 heteroatoms. The topological polar surface area (TPSA) is 72.2 Å². The lowest BCUT2D eigenvalue weighted by atomic mass is 10.2. The predicted octanol–water partition coefficient (Wildman–Crippen LogP) is 2.20. The zero-order chi connectivity index (χ0) is 14.8. The molecule has 0 radical (unpaired) electrons. The van der Waals surface area contributed by atoms with Gasteiger partial charge in [-0.3, -0.25) is 9.78 Å². The molecule has 0 atom stereocenters. The molecule has 0 aliphatic heterocycles. The second-order valence-corrected chi connectivity index (χ2v) is 3.69. The second-order valence-electron chi connectivity index (χ2n) is 3.69. The number of alkyl halides is 3. The van der Waals surface area contributed by atoms with E-state index in [1.54, 1.807) is 12.1 Å². The summed E-state index contributed by atoms with van der Waals surface area (Å²) >= 11 is 0. The van der Waals surface area contributed by atoms with Crippen molar-refractivity contribution < 1.29 is 22.4 Å². The molecular weight excluding hydrogens is 277 g/mol. The molecule has 2 aromatic heterocycles. The molecule has 0 aromatic carbocycles. The number of carbonyl (C=O) groups is 1. The lowest BCUT2D eigenvalue weighted by Crippen LogP contribution is -2.31. The Morgan fingerprint density at radius 1 is 1.25 bits per heavy atom. The number of anilines is 1. The molecule has 5 nitrogen and oxygen atoms in total. The summed E-state index contributed by atoms with van der Waals surface area (Å²) in [6.45, 7) is 0. The van der Waals surface area contributed by atoms with Gasteiger partial charge in [0.2, 0.25) is 0 Å². The van der Waals surface area contributed by atoms with Crippen molar-refractivity contribution in [1.82, 2.24) is 4.98 Å². The number of amides is 1. The number of nitrogens with one attached hydrogen (secondary N) is 1. The highest BCUT2D eigenvalue weighted by atomic mass is 19.4. The Balaban J connectivity index is 2.28. The molecule has 2 heterocycles. The fraction of sp³-hybridized carbons (Fsp3) is 0.0833. The Kier molecular flexibility index (Phi) is 3.55. The number of carbonyl (C=O) groups excluding carboxylic acids is 1. The van der Waals surface area contributed by atoms with Crippen LogP contribution in [0.1, 0.15) is 0 Å². The van der Waals surface area contributed by atoms with Crippen molar-refractivity contribution in [3.05, 3.63) is 47.1 Å². The summed E-state index contributed by atoms with van der Waals surface area (Å²) in [5.41, 5.74) is -1.18. The minimum atomic E-state index is -5.07. The minimum Gasteiger partial charge on any atom is -0.421 e. The van der Waals surface area contributed by atoms with Crippen molar-refractivity contribution in [1.29, 1.82) is 0 Å². The van der Waals surface area contributed by atoms with Gasteiger partial charge in [-0.15, -0.1) is 0 Å². The molecule has 0 unspecified atom stereocenters. The largest absolute Gasteiger partial charge is 0.471 e. The summed E-state index contributed by atoms with van der Waals surface area (Å²) in [5.74, 6) is -2.10. The van der Waals surface area contributed by atoms with Crippen LogP contribution in [0.2, 0.25) is 0 Å². The predicted molar refractivity (Wildman–Crippen MR) is 62.9 cm³/mol. The number of pyridine rings is 1. The summed E-state index contributed by atoms with van der Waals surface area (Å²) in [5, 5.41) is 1.44. The van der Waals surface area contributed by atoms with Crippen molar-refractivity contribution >= 4 is 11.6 Å². The molecule has 1 N–H and O–H groups in total. The summed E-state index contributed by atoms with van der Waals surface area (Å²) < 4.78 is 41.0. The first-order chi connectivity index (χ1) is 9.38. The van der Waals surface area contributed by atoms with Crippen LogP contribution in [0, 0.1) is 0 Å². The van der Waals surface area contributed by atoms with Crippen molar-refractivity contribution in [2.45, 2.75) is 6.18 Å². The van der Waals surface area contributed by atoms with Crippen LogP contribution < -0.4 is 10.9 Å². The molecule has 0 aliphatic carbocycles. The minimum absolute atomic E-state index is 0.133. The van der Waals surface area contributed by atoms with Gasteiger partial charge in [0, 0.05) is 18.0 Å². The van der Waals surface area contributed by atoms with Crippen molar-refractivity contribution in [2.75, 3.05) is 5.32 Å². The fourth-order valence-corrected chi connectivity index (χ4v) is 1.37. The van der Waals surface area contributed by atoms with Gasteiger partial charge >= 0.3 is 17.7 Å². The van der Waals surface area contributed by atoms with Gasteiger partial charge in [-0.2, -0.15) is 13.2 Å². The molecule has 20 heavy (non-hydrogen) atoms. The van der Waals surface area contributed by atoms with Crippen LogP contribution in [0.5, 0.6) is 0 Å². The highest BCUT2D eigenvalue weighted by molar-refractivity contribution is 5.94. The molecule has 2 rings (SSSR count). The summed E-state index contributed by atoms with van der Waals surface area (Å²) in [6.07, 6.45) is -2.14. The van der Waals surface area contributed by atoms with E-state index in [2.05, 4.69) is 4.98 Å². The molecule has 0 fully saturated rings. The first kappa shape index (κ1) is 13.8. The maximum absolute atomic E-state index is 12.1. The van der Waals surface area contributed by atoms with Crippen LogP contribution in [-0.2, 0) is 4.79 Å². The number of rotatable bonds is 2. The van der Waals surface area contributed by atoms with E-state index in [1.165, 1.54) is 23.8 Å². The van der Waals surface area contributed by atoms with Gasteiger partial charge in [0.25, 0.3) is 0 Å². The Morgan fingerprint density at radius 3 is 2.55 bits per heavy atom. The van der Waals surface area contributed by atoms with E-state index in [4.69, 9.17) is 4.42 Å². The SMILES string of the molecule is O=C(Nc1ccc(-c2cccnc2)oc1=O)C(F)(F)F. The van der Waals surface area contributed by atoms with Crippen molar-refractivity contribution in [3.63, 3.8) is 0 Å². The zero-order valence-electron chi connectivity index (χ0n) is 9.77.